The van der Waals surface area contributed by atoms with Crippen LogP contribution < -0.4 is 5.73 Å². The van der Waals surface area contributed by atoms with Gasteiger partial charge >= 0.3 is 0 Å². The smallest absolute Gasteiger partial charge is 0.0663 e. The highest BCUT2D eigenvalue weighted by atomic mass is 35.5. The topological polar surface area (TPSA) is 43.8 Å². The second-order valence-corrected chi connectivity index (χ2v) is 5.39. The van der Waals surface area contributed by atoms with E-state index in [1.54, 1.807) is 0 Å². The number of aryl methyl sites for hydroxylation is 2. The fourth-order valence-electron chi connectivity index (χ4n) is 2.15. The zero-order chi connectivity index (χ0) is 14.0. The second kappa shape index (κ2) is 5.76. The van der Waals surface area contributed by atoms with Gasteiger partial charge in [-0.1, -0.05) is 24.6 Å². The van der Waals surface area contributed by atoms with Gasteiger partial charge in [-0.05, 0) is 50.5 Å². The summed E-state index contributed by atoms with van der Waals surface area (Å²) in [6, 6.07) is 8.26. The van der Waals surface area contributed by atoms with Crippen LogP contribution in [-0.4, -0.2) is 15.8 Å². The Hall–Kier alpha value is -1.32. The largest absolute Gasteiger partial charge is 0.327 e. The molecule has 0 radical (unpaired) electrons. The zero-order valence-corrected chi connectivity index (χ0v) is 12.4. The van der Waals surface area contributed by atoms with Crippen LogP contribution in [0.2, 0.25) is 5.02 Å². The Morgan fingerprint density at radius 3 is 2.58 bits per heavy atom. The number of aromatic nitrogens is 2. The summed E-state index contributed by atoms with van der Waals surface area (Å²) in [6.45, 7) is 6.11. The molecule has 3 nitrogen and oxygen atoms in total. The maximum atomic E-state index is 6.34. The minimum Gasteiger partial charge on any atom is -0.327 e. The predicted octanol–water partition coefficient (Wildman–Crippen LogP) is 3.42. The van der Waals surface area contributed by atoms with E-state index in [0.29, 0.717) is 0 Å². The fraction of sp³-hybridized carbons (Fsp3) is 0.400. The Morgan fingerprint density at radius 2 is 2.05 bits per heavy atom. The van der Waals surface area contributed by atoms with Gasteiger partial charge in [-0.2, -0.15) is 5.10 Å². The molecule has 0 saturated carbocycles. The summed E-state index contributed by atoms with van der Waals surface area (Å²) < 4.78 is 1.91. The molecule has 0 aliphatic carbocycles. The van der Waals surface area contributed by atoms with Crippen LogP contribution in [0.3, 0.4) is 0 Å². The Labute approximate surface area is 119 Å². The van der Waals surface area contributed by atoms with Gasteiger partial charge in [0.25, 0.3) is 0 Å². The van der Waals surface area contributed by atoms with Crippen molar-refractivity contribution in [2.24, 2.45) is 5.73 Å². The van der Waals surface area contributed by atoms with Crippen LogP contribution in [0.4, 0.5) is 0 Å². The van der Waals surface area contributed by atoms with E-state index in [-0.39, 0.29) is 6.04 Å². The van der Waals surface area contributed by atoms with Crippen molar-refractivity contribution in [2.45, 2.75) is 39.7 Å². The van der Waals surface area contributed by atoms with Crippen molar-refractivity contribution in [1.82, 2.24) is 9.78 Å². The third-order valence-electron chi connectivity index (χ3n) is 3.30. The van der Waals surface area contributed by atoms with Crippen molar-refractivity contribution in [3.05, 3.63) is 46.2 Å². The first-order valence-corrected chi connectivity index (χ1v) is 6.96. The normalized spacial score (nSPS) is 12.7. The van der Waals surface area contributed by atoms with E-state index in [1.807, 2.05) is 36.7 Å². The summed E-state index contributed by atoms with van der Waals surface area (Å²) >= 11 is 6.34. The molecule has 102 valence electrons. The molecule has 0 aliphatic heterocycles. The maximum absolute atomic E-state index is 6.34. The molecule has 2 aromatic rings. The van der Waals surface area contributed by atoms with Crippen molar-refractivity contribution in [2.75, 3.05) is 0 Å². The molecule has 1 aromatic carbocycles. The van der Waals surface area contributed by atoms with E-state index < -0.39 is 0 Å². The van der Waals surface area contributed by atoms with Crippen LogP contribution in [0.25, 0.3) is 5.69 Å². The van der Waals surface area contributed by atoms with E-state index in [4.69, 9.17) is 17.3 Å². The molecule has 0 saturated heterocycles. The summed E-state index contributed by atoms with van der Waals surface area (Å²) in [4.78, 5) is 0. The average molecular weight is 278 g/mol. The number of nitrogens with zero attached hydrogens (tertiary/aromatic N) is 2. The van der Waals surface area contributed by atoms with Gasteiger partial charge in [-0.25, -0.2) is 4.68 Å². The zero-order valence-electron chi connectivity index (χ0n) is 11.7. The minimum absolute atomic E-state index is 0.164. The summed E-state index contributed by atoms with van der Waals surface area (Å²) in [6.07, 6.45) is 1.77. The lowest BCUT2D eigenvalue weighted by Crippen LogP contribution is -2.21. The van der Waals surface area contributed by atoms with Gasteiger partial charge in [-0.15, -0.1) is 0 Å². The summed E-state index contributed by atoms with van der Waals surface area (Å²) in [7, 11) is 0. The summed E-state index contributed by atoms with van der Waals surface area (Å²) in [5, 5.41) is 5.22. The Kier molecular flexibility index (Phi) is 4.27. The highest BCUT2D eigenvalue weighted by Gasteiger charge is 2.09. The third-order valence-corrected chi connectivity index (χ3v) is 3.65. The highest BCUT2D eigenvalue weighted by molar-refractivity contribution is 6.31. The first kappa shape index (κ1) is 14.1. The average Bonchev–Trinajstić information content (AvgIpc) is 2.71. The molecular weight excluding hydrogens is 258 g/mol. The monoisotopic (exact) mass is 277 g/mol. The molecule has 19 heavy (non-hydrogen) atoms. The van der Waals surface area contributed by atoms with Gasteiger partial charge in [0.2, 0.25) is 0 Å². The maximum Gasteiger partial charge on any atom is 0.0663 e. The van der Waals surface area contributed by atoms with Crippen LogP contribution in [-0.2, 0) is 6.42 Å². The number of benzene rings is 1. The van der Waals surface area contributed by atoms with Gasteiger partial charge < -0.3 is 5.73 Å². The molecule has 1 aromatic heterocycles. The summed E-state index contributed by atoms with van der Waals surface area (Å²) in [5.74, 6) is 0. The van der Waals surface area contributed by atoms with Gasteiger partial charge in [0.05, 0.1) is 11.4 Å². The van der Waals surface area contributed by atoms with Crippen LogP contribution in [0, 0.1) is 13.8 Å². The molecule has 0 fully saturated rings. The van der Waals surface area contributed by atoms with Crippen LogP contribution in [0.15, 0.2) is 24.3 Å². The quantitative estimate of drug-likeness (QED) is 0.931. The Balaban J connectivity index is 2.31. The van der Waals surface area contributed by atoms with Gasteiger partial charge in [0.15, 0.2) is 0 Å². The van der Waals surface area contributed by atoms with Crippen molar-refractivity contribution in [3.8, 4) is 5.69 Å². The lowest BCUT2D eigenvalue weighted by Gasteiger charge is -2.12. The number of rotatable bonds is 4. The van der Waals surface area contributed by atoms with E-state index in [0.717, 1.165) is 40.5 Å². The molecule has 1 unspecified atom stereocenters. The number of hydrogen-bond donors (Lipinski definition) is 1. The van der Waals surface area contributed by atoms with E-state index in [9.17, 15) is 0 Å². The third kappa shape index (κ3) is 3.17. The minimum atomic E-state index is 0.164. The SMILES string of the molecule is CCC(N)Cc1ccc(-n2nc(C)cc2C)cc1Cl. The molecule has 2 rings (SSSR count). The van der Waals surface area contributed by atoms with Crippen molar-refractivity contribution >= 4 is 11.6 Å². The molecule has 1 heterocycles. The number of halogens is 1. The Bertz CT molecular complexity index is 575. The van der Waals surface area contributed by atoms with Crippen molar-refractivity contribution in [3.63, 3.8) is 0 Å². The lowest BCUT2D eigenvalue weighted by atomic mass is 10.0. The number of nitrogens with two attached hydrogens (primary N) is 1. The first-order valence-electron chi connectivity index (χ1n) is 6.59. The molecule has 0 spiro atoms. The summed E-state index contributed by atoms with van der Waals surface area (Å²) in [5.41, 5.74) is 10.2. The molecule has 2 N–H and O–H groups in total. The second-order valence-electron chi connectivity index (χ2n) is 4.99. The van der Waals surface area contributed by atoms with Crippen LogP contribution >= 0.6 is 11.6 Å². The van der Waals surface area contributed by atoms with E-state index in [1.165, 1.54) is 0 Å². The van der Waals surface area contributed by atoms with Crippen LogP contribution in [0.1, 0.15) is 30.3 Å². The number of hydrogen-bond acceptors (Lipinski definition) is 2. The van der Waals surface area contributed by atoms with Gasteiger partial charge in [0.1, 0.15) is 0 Å². The Morgan fingerprint density at radius 1 is 1.32 bits per heavy atom. The lowest BCUT2D eigenvalue weighted by molar-refractivity contribution is 0.646. The molecule has 1 atom stereocenters. The van der Waals surface area contributed by atoms with Gasteiger partial charge in [-0.3, -0.25) is 0 Å². The van der Waals surface area contributed by atoms with E-state index in [2.05, 4.69) is 18.1 Å². The molecular formula is C15H20ClN3. The molecule has 0 bridgehead atoms. The van der Waals surface area contributed by atoms with Crippen molar-refractivity contribution in [1.29, 1.82) is 0 Å². The van der Waals surface area contributed by atoms with Gasteiger partial charge in [0, 0.05) is 16.8 Å². The van der Waals surface area contributed by atoms with E-state index >= 15 is 0 Å². The molecule has 4 heteroatoms. The fourth-order valence-corrected chi connectivity index (χ4v) is 2.40. The molecule has 0 amide bonds. The first-order chi connectivity index (χ1) is 9.01. The highest BCUT2D eigenvalue weighted by Crippen LogP contribution is 2.22. The predicted molar refractivity (Wildman–Crippen MR) is 80.0 cm³/mol. The molecule has 0 aliphatic rings. The standard InChI is InChI=1S/C15H20ClN3/c1-4-13(17)8-12-5-6-14(9-15(12)16)19-11(3)7-10(2)18-19/h5-7,9,13H,4,8,17H2,1-3H3. The van der Waals surface area contributed by atoms with Crippen LogP contribution in [0.5, 0.6) is 0 Å². The van der Waals surface area contributed by atoms with Crippen molar-refractivity contribution < 1.29 is 0 Å².